The Kier molecular flexibility index (Phi) is 28.8. The van der Waals surface area contributed by atoms with Crippen LogP contribution in [0.4, 0.5) is 0 Å². The molecular formula is C32H72O8Si3. The molecule has 260 valence electrons. The Bertz CT molecular complexity index is 549. The molecule has 0 aliphatic heterocycles. The summed E-state index contributed by atoms with van der Waals surface area (Å²) in [6.07, 6.45) is 5.23. The number of rotatable bonds is 34. The van der Waals surface area contributed by atoms with E-state index in [0.29, 0.717) is 79.3 Å². The van der Waals surface area contributed by atoms with Crippen molar-refractivity contribution in [1.29, 1.82) is 0 Å². The summed E-state index contributed by atoms with van der Waals surface area (Å²) < 4.78 is 43.4. The van der Waals surface area contributed by atoms with E-state index in [2.05, 4.69) is 39.3 Å². The highest BCUT2D eigenvalue weighted by Crippen LogP contribution is 2.29. The molecule has 0 aromatic rings. The van der Waals surface area contributed by atoms with E-state index in [1.807, 2.05) is 0 Å². The minimum Gasteiger partial charge on any atom is -0.382 e. The fraction of sp³-hybridized carbons (Fsp3) is 1.00. The Morgan fingerprint density at radius 1 is 0.279 bits per heavy atom. The lowest BCUT2D eigenvalue weighted by Gasteiger charge is -2.28. The van der Waals surface area contributed by atoms with Gasteiger partial charge in [-0.05, 0) is 12.8 Å². The Labute approximate surface area is 269 Å². The van der Waals surface area contributed by atoms with Crippen molar-refractivity contribution in [2.24, 2.45) is 0 Å². The maximum atomic E-state index is 5.80. The van der Waals surface area contributed by atoms with Crippen LogP contribution < -0.4 is 0 Å². The molecule has 0 saturated heterocycles. The van der Waals surface area contributed by atoms with Gasteiger partial charge >= 0.3 is 0 Å². The Morgan fingerprint density at radius 3 is 0.744 bits per heavy atom. The third-order valence-electron chi connectivity index (χ3n) is 8.05. The highest BCUT2D eigenvalue weighted by atomic mass is 28.3. The second-order valence-corrected chi connectivity index (χ2v) is 30.1. The van der Waals surface area contributed by atoms with Gasteiger partial charge in [0.2, 0.25) is 0 Å². The zero-order chi connectivity index (χ0) is 32.1. The summed E-state index contributed by atoms with van der Waals surface area (Å²) in [5.41, 5.74) is 0. The first-order valence-electron chi connectivity index (χ1n) is 17.0. The van der Waals surface area contributed by atoms with E-state index in [9.17, 15) is 0 Å². The van der Waals surface area contributed by atoms with Crippen molar-refractivity contribution in [1.82, 2.24) is 0 Å². The predicted octanol–water partition coefficient (Wildman–Crippen LogP) is 7.06. The third kappa shape index (κ3) is 32.1. The van der Waals surface area contributed by atoms with Crippen molar-refractivity contribution in [3.8, 4) is 0 Å². The fourth-order valence-electron chi connectivity index (χ4n) is 5.14. The van der Waals surface area contributed by atoms with Gasteiger partial charge in [0.1, 0.15) is 0 Å². The highest BCUT2D eigenvalue weighted by molar-refractivity contribution is 6.79. The van der Waals surface area contributed by atoms with Gasteiger partial charge in [-0.3, -0.25) is 0 Å². The second-order valence-electron chi connectivity index (χ2n) is 14.1. The van der Waals surface area contributed by atoms with E-state index in [0.717, 1.165) is 13.2 Å². The van der Waals surface area contributed by atoms with E-state index in [1.54, 1.807) is 14.2 Å². The van der Waals surface area contributed by atoms with Gasteiger partial charge in [-0.2, -0.15) is 0 Å². The summed E-state index contributed by atoms with van der Waals surface area (Å²) in [5.74, 6) is 0. The van der Waals surface area contributed by atoms with Crippen LogP contribution in [0.2, 0.25) is 75.5 Å². The normalized spacial score (nSPS) is 12.8. The molecule has 0 aliphatic rings. The lowest BCUT2D eigenvalue weighted by atomic mass is 10.5. The molecule has 0 aromatic carbocycles. The van der Waals surface area contributed by atoms with Crippen molar-refractivity contribution < 1.29 is 37.9 Å². The topological polar surface area (TPSA) is 73.8 Å². The smallest absolute Gasteiger partial charge is 0.0701 e. The molecule has 0 radical (unpaired) electrons. The first-order chi connectivity index (χ1) is 20.5. The van der Waals surface area contributed by atoms with Crippen LogP contribution >= 0.6 is 0 Å². The van der Waals surface area contributed by atoms with Gasteiger partial charge < -0.3 is 37.9 Å². The highest BCUT2D eigenvalue weighted by Gasteiger charge is 2.26. The summed E-state index contributed by atoms with van der Waals surface area (Å²) in [5, 5.41) is 0. The Morgan fingerprint density at radius 2 is 0.488 bits per heavy atom. The van der Waals surface area contributed by atoms with E-state index in [1.165, 1.54) is 61.9 Å². The number of ether oxygens (including phenoxy) is 8. The van der Waals surface area contributed by atoms with Crippen LogP contribution in [0, 0.1) is 0 Å². The van der Waals surface area contributed by atoms with Gasteiger partial charge in [-0.15, -0.1) is 0 Å². The quantitative estimate of drug-likeness (QED) is 0.0533. The standard InChI is InChI=1S/C32H72O8Si3/c1-33-15-17-37-23-25-39-21-19-35-13-9-27-41(3,4)29-11-31-43(7,8)32-12-30-42(5,6)28-10-14-36-20-22-40-26-24-38-18-16-34-2/h9-32H2,1-8H3. The van der Waals surface area contributed by atoms with Crippen LogP contribution in [-0.2, 0) is 37.9 Å². The summed E-state index contributed by atoms with van der Waals surface area (Å²) in [6, 6.07) is 8.63. The van der Waals surface area contributed by atoms with Crippen LogP contribution in [0.15, 0.2) is 0 Å². The van der Waals surface area contributed by atoms with Crippen molar-refractivity contribution in [2.75, 3.05) is 107 Å². The molecular weight excluding hydrogens is 597 g/mol. The largest absolute Gasteiger partial charge is 0.382 e. The van der Waals surface area contributed by atoms with Crippen LogP contribution in [0.1, 0.15) is 25.7 Å². The number of hydrogen-bond donors (Lipinski definition) is 0. The molecule has 0 unspecified atom stereocenters. The zero-order valence-electron chi connectivity index (χ0n) is 29.7. The van der Waals surface area contributed by atoms with Crippen molar-refractivity contribution in [3.05, 3.63) is 0 Å². The maximum Gasteiger partial charge on any atom is 0.0701 e. The van der Waals surface area contributed by atoms with Gasteiger partial charge in [0.15, 0.2) is 0 Å². The maximum absolute atomic E-state index is 5.80. The first-order valence-corrected chi connectivity index (χ1v) is 27.2. The third-order valence-corrected chi connectivity index (χ3v) is 18.3. The van der Waals surface area contributed by atoms with Crippen LogP contribution in [0.3, 0.4) is 0 Å². The van der Waals surface area contributed by atoms with Crippen LogP contribution in [0.25, 0.3) is 0 Å². The molecule has 8 nitrogen and oxygen atoms in total. The summed E-state index contributed by atoms with van der Waals surface area (Å²) in [6.45, 7) is 24.9. The molecule has 0 atom stereocenters. The SMILES string of the molecule is COCCOCCOCCOCCC[Si](C)(C)CCC[Si](C)(C)CCC[Si](C)(C)CCCOCCOCCOCCOC. The van der Waals surface area contributed by atoms with Crippen molar-refractivity contribution in [3.63, 3.8) is 0 Å². The molecule has 0 heterocycles. The fourth-order valence-corrected chi connectivity index (χ4v) is 13.3. The average Bonchev–Trinajstić information content (AvgIpc) is 2.93. The van der Waals surface area contributed by atoms with E-state index < -0.39 is 24.2 Å². The average molecular weight is 669 g/mol. The molecule has 43 heavy (non-hydrogen) atoms. The van der Waals surface area contributed by atoms with Gasteiger partial charge in [0.05, 0.1) is 79.3 Å². The molecule has 0 spiro atoms. The summed E-state index contributed by atoms with van der Waals surface area (Å²) in [7, 11) is -0.0217. The molecule has 0 fully saturated rings. The molecule has 0 amide bonds. The predicted molar refractivity (Wildman–Crippen MR) is 188 cm³/mol. The molecule has 0 rings (SSSR count). The summed E-state index contributed by atoms with van der Waals surface area (Å²) in [4.78, 5) is 0. The molecule has 0 N–H and O–H groups in total. The molecule has 11 heteroatoms. The van der Waals surface area contributed by atoms with E-state index in [4.69, 9.17) is 37.9 Å². The van der Waals surface area contributed by atoms with Gasteiger partial charge in [0, 0.05) is 51.7 Å². The molecule has 0 saturated carbocycles. The molecule has 0 aliphatic carbocycles. The number of hydrogen-bond acceptors (Lipinski definition) is 8. The summed E-state index contributed by atoms with van der Waals surface area (Å²) >= 11 is 0. The lowest BCUT2D eigenvalue weighted by Crippen LogP contribution is -2.30. The van der Waals surface area contributed by atoms with Crippen LogP contribution in [0.5, 0.6) is 0 Å². The lowest BCUT2D eigenvalue weighted by molar-refractivity contribution is 0.00375. The molecule has 0 bridgehead atoms. The van der Waals surface area contributed by atoms with Crippen molar-refractivity contribution in [2.45, 2.75) is 101 Å². The minimum absolute atomic E-state index is 0.615. The van der Waals surface area contributed by atoms with Crippen molar-refractivity contribution >= 4 is 24.2 Å². The zero-order valence-corrected chi connectivity index (χ0v) is 32.7. The van der Waals surface area contributed by atoms with E-state index in [-0.39, 0.29) is 0 Å². The van der Waals surface area contributed by atoms with Gasteiger partial charge in [-0.25, -0.2) is 0 Å². The first kappa shape index (κ1) is 43.3. The second kappa shape index (κ2) is 28.5. The molecule has 0 aromatic heterocycles. The number of methoxy groups -OCH3 is 2. The van der Waals surface area contributed by atoms with E-state index >= 15 is 0 Å². The van der Waals surface area contributed by atoms with Crippen LogP contribution in [-0.4, -0.2) is 131 Å². The van der Waals surface area contributed by atoms with Gasteiger partial charge in [-0.1, -0.05) is 88.4 Å². The van der Waals surface area contributed by atoms with Gasteiger partial charge in [0.25, 0.3) is 0 Å². The Hall–Kier alpha value is 0.331. The minimum atomic E-state index is -1.14. The Balaban J connectivity index is 3.75. The monoisotopic (exact) mass is 668 g/mol.